The minimum absolute atomic E-state index is 0.826. The van der Waals surface area contributed by atoms with E-state index in [-0.39, 0.29) is 0 Å². The van der Waals surface area contributed by atoms with Crippen molar-refractivity contribution in [2.75, 3.05) is 7.05 Å². The fourth-order valence-electron chi connectivity index (χ4n) is 1.57. The molecule has 1 aliphatic carbocycles. The zero-order valence-corrected chi connectivity index (χ0v) is 7.34. The van der Waals surface area contributed by atoms with Gasteiger partial charge < -0.3 is 5.32 Å². The Balaban J connectivity index is 0.000000461. The third-order valence-corrected chi connectivity index (χ3v) is 2.26. The lowest BCUT2D eigenvalue weighted by Crippen LogP contribution is -2.23. The standard InChI is InChI=1S/C8H17N.CHN/c1-9-8-6-4-2-3-5-7-8;1-2/h8-9H,2-7H2,1H3;1H. The maximum absolute atomic E-state index is 6.50. The first-order chi connectivity index (χ1) is 5.43. The van der Waals surface area contributed by atoms with Gasteiger partial charge in [0, 0.05) is 12.6 Å². The van der Waals surface area contributed by atoms with Crippen molar-refractivity contribution in [3.8, 4) is 6.57 Å². The molecule has 11 heavy (non-hydrogen) atoms. The molecule has 1 aliphatic rings. The number of nitrogens with zero attached hydrogens (tertiary/aromatic N) is 1. The Hall–Kier alpha value is -0.550. The summed E-state index contributed by atoms with van der Waals surface area (Å²) in [5.41, 5.74) is 0. The first-order valence-electron chi connectivity index (χ1n) is 4.36. The van der Waals surface area contributed by atoms with Crippen LogP contribution in [0.2, 0.25) is 0 Å². The van der Waals surface area contributed by atoms with E-state index in [0.29, 0.717) is 0 Å². The second kappa shape index (κ2) is 7.56. The van der Waals surface area contributed by atoms with Crippen molar-refractivity contribution < 1.29 is 0 Å². The van der Waals surface area contributed by atoms with Crippen LogP contribution < -0.4 is 5.32 Å². The zero-order chi connectivity index (χ0) is 8.53. The van der Waals surface area contributed by atoms with Crippen LogP contribution in [-0.2, 0) is 0 Å². The van der Waals surface area contributed by atoms with Crippen LogP contribution in [0.25, 0.3) is 0 Å². The minimum atomic E-state index is 0.826. The zero-order valence-electron chi connectivity index (χ0n) is 7.34. The first-order valence-corrected chi connectivity index (χ1v) is 4.36. The van der Waals surface area contributed by atoms with Crippen LogP contribution in [0.1, 0.15) is 38.5 Å². The van der Waals surface area contributed by atoms with Crippen molar-refractivity contribution in [3.63, 3.8) is 0 Å². The van der Waals surface area contributed by atoms with E-state index in [0.717, 1.165) is 6.04 Å². The highest BCUT2D eigenvalue weighted by Gasteiger charge is 2.08. The summed E-state index contributed by atoms with van der Waals surface area (Å²) in [5, 5.41) is 9.84. The highest BCUT2D eigenvalue weighted by Crippen LogP contribution is 2.16. The van der Waals surface area contributed by atoms with E-state index in [4.69, 9.17) is 5.26 Å². The van der Waals surface area contributed by atoms with Gasteiger partial charge >= 0.3 is 0 Å². The molecule has 2 heteroatoms. The molecule has 0 spiro atoms. The average Bonchev–Trinajstić information content (AvgIpc) is 2.35. The molecule has 64 valence electrons. The van der Waals surface area contributed by atoms with Gasteiger partial charge in [-0.1, -0.05) is 25.7 Å². The van der Waals surface area contributed by atoms with Gasteiger partial charge in [0.25, 0.3) is 0 Å². The third kappa shape index (κ3) is 4.80. The van der Waals surface area contributed by atoms with Gasteiger partial charge in [-0.05, 0) is 19.9 Å². The van der Waals surface area contributed by atoms with E-state index >= 15 is 0 Å². The largest absolute Gasteiger partial charge is 0.317 e. The Morgan fingerprint density at radius 2 is 1.55 bits per heavy atom. The Bertz CT molecular complexity index is 91.0. The number of hydrogen-bond donors (Lipinski definition) is 1. The lowest BCUT2D eigenvalue weighted by molar-refractivity contribution is 0.499. The molecule has 0 bridgehead atoms. The van der Waals surface area contributed by atoms with Gasteiger partial charge in [0.05, 0.1) is 0 Å². The molecular formula is C9H18N2. The summed E-state index contributed by atoms with van der Waals surface area (Å²) in [6, 6.07) is 0.826. The first kappa shape index (κ1) is 10.4. The van der Waals surface area contributed by atoms with E-state index in [9.17, 15) is 0 Å². The molecule has 1 fully saturated rings. The molecule has 0 aromatic rings. The second-order valence-electron chi connectivity index (χ2n) is 2.98. The van der Waals surface area contributed by atoms with Crippen LogP contribution in [0.4, 0.5) is 0 Å². The lowest BCUT2D eigenvalue weighted by atomic mass is 10.1. The lowest BCUT2D eigenvalue weighted by Gasteiger charge is -2.10. The summed E-state index contributed by atoms with van der Waals surface area (Å²) < 4.78 is 0. The van der Waals surface area contributed by atoms with Gasteiger partial charge in [0.15, 0.2) is 0 Å². The van der Waals surface area contributed by atoms with Crippen LogP contribution in [0.3, 0.4) is 0 Å². The average molecular weight is 154 g/mol. The molecule has 0 atom stereocenters. The molecule has 1 N–H and O–H groups in total. The van der Waals surface area contributed by atoms with Crippen LogP contribution in [-0.4, -0.2) is 13.1 Å². The van der Waals surface area contributed by atoms with E-state index in [1.807, 2.05) is 0 Å². The summed E-state index contributed by atoms with van der Waals surface area (Å²) in [6.45, 7) is 3.50. The van der Waals surface area contributed by atoms with Crippen molar-refractivity contribution in [3.05, 3.63) is 0 Å². The topological polar surface area (TPSA) is 35.8 Å². The van der Waals surface area contributed by atoms with Gasteiger partial charge in [0.1, 0.15) is 0 Å². The van der Waals surface area contributed by atoms with Crippen molar-refractivity contribution in [1.82, 2.24) is 5.32 Å². The SMILES string of the molecule is C#N.CNC1CCCCCC1. The predicted octanol–water partition coefficient (Wildman–Crippen LogP) is 2.07. The minimum Gasteiger partial charge on any atom is -0.317 e. The molecule has 1 rings (SSSR count). The van der Waals surface area contributed by atoms with Crippen LogP contribution in [0.15, 0.2) is 0 Å². The highest BCUT2D eigenvalue weighted by molar-refractivity contribution is 4.67. The fraction of sp³-hybridized carbons (Fsp3) is 0.889. The van der Waals surface area contributed by atoms with E-state index < -0.39 is 0 Å². The third-order valence-electron chi connectivity index (χ3n) is 2.26. The van der Waals surface area contributed by atoms with Crippen LogP contribution >= 0.6 is 0 Å². The fourth-order valence-corrected chi connectivity index (χ4v) is 1.57. The summed E-state index contributed by atoms with van der Waals surface area (Å²) in [4.78, 5) is 0. The molecule has 0 saturated heterocycles. The molecule has 0 unspecified atom stereocenters. The molecule has 0 heterocycles. The van der Waals surface area contributed by atoms with Gasteiger partial charge in [0.2, 0.25) is 0 Å². The van der Waals surface area contributed by atoms with Crippen molar-refractivity contribution in [2.45, 2.75) is 44.6 Å². The quantitative estimate of drug-likeness (QED) is 0.587. The molecular weight excluding hydrogens is 136 g/mol. The summed E-state index contributed by atoms with van der Waals surface area (Å²) in [5.74, 6) is 0. The van der Waals surface area contributed by atoms with Gasteiger partial charge in [-0.3, -0.25) is 0 Å². The monoisotopic (exact) mass is 154 g/mol. The normalized spacial score (nSPS) is 19.5. The summed E-state index contributed by atoms with van der Waals surface area (Å²) in [7, 11) is 2.08. The number of rotatable bonds is 1. The van der Waals surface area contributed by atoms with Crippen molar-refractivity contribution in [1.29, 1.82) is 5.26 Å². The van der Waals surface area contributed by atoms with E-state index in [1.54, 1.807) is 0 Å². The molecule has 0 radical (unpaired) electrons. The second-order valence-corrected chi connectivity index (χ2v) is 2.98. The molecule has 1 saturated carbocycles. The van der Waals surface area contributed by atoms with Gasteiger partial charge in [-0.25, -0.2) is 5.26 Å². The smallest absolute Gasteiger partial charge is 0.0462 e. The van der Waals surface area contributed by atoms with E-state index in [2.05, 4.69) is 18.9 Å². The van der Waals surface area contributed by atoms with Gasteiger partial charge in [-0.2, -0.15) is 0 Å². The molecule has 2 nitrogen and oxygen atoms in total. The maximum Gasteiger partial charge on any atom is 0.0462 e. The highest BCUT2D eigenvalue weighted by atomic mass is 14.9. The molecule has 0 amide bonds. The maximum atomic E-state index is 6.50. The Morgan fingerprint density at radius 3 is 1.91 bits per heavy atom. The Labute approximate surface area is 69.6 Å². The van der Waals surface area contributed by atoms with Crippen LogP contribution in [0.5, 0.6) is 0 Å². The van der Waals surface area contributed by atoms with Crippen molar-refractivity contribution >= 4 is 0 Å². The molecule has 0 aliphatic heterocycles. The summed E-state index contributed by atoms with van der Waals surface area (Å²) in [6.07, 6.45) is 8.58. The predicted molar refractivity (Wildman–Crippen MR) is 47.2 cm³/mol. The number of nitrogens with one attached hydrogen (secondary N) is 1. The Kier molecular flexibility index (Phi) is 7.18. The molecule has 0 aromatic carbocycles. The molecule has 0 aromatic heterocycles. The number of hydrogen-bond acceptors (Lipinski definition) is 2. The van der Waals surface area contributed by atoms with Crippen LogP contribution in [0, 0.1) is 11.8 Å². The van der Waals surface area contributed by atoms with Gasteiger partial charge in [-0.15, -0.1) is 0 Å². The Morgan fingerprint density at radius 1 is 1.09 bits per heavy atom. The summed E-state index contributed by atoms with van der Waals surface area (Å²) >= 11 is 0. The number of nitriles is 1. The van der Waals surface area contributed by atoms with Crippen molar-refractivity contribution in [2.24, 2.45) is 0 Å². The van der Waals surface area contributed by atoms with E-state index in [1.165, 1.54) is 38.5 Å².